The fourth-order valence-corrected chi connectivity index (χ4v) is 15.9. The number of para-hydroxylation sites is 2. The van der Waals surface area contributed by atoms with E-state index >= 15 is 8.78 Å². The predicted molar refractivity (Wildman–Crippen MR) is 303 cm³/mol. The third kappa shape index (κ3) is 6.21. The molecule has 4 aromatic heterocycles. The Labute approximate surface area is 424 Å². The van der Waals surface area contributed by atoms with Crippen molar-refractivity contribution in [2.45, 2.75) is 76.0 Å². The van der Waals surface area contributed by atoms with Crippen LogP contribution in [0.4, 0.5) is 8.78 Å². The maximum absolute atomic E-state index is 17.9. The van der Waals surface area contributed by atoms with Crippen LogP contribution in [0.3, 0.4) is 0 Å². The molecule has 9 aromatic carbocycles. The minimum atomic E-state index is -0.271. The van der Waals surface area contributed by atoms with Crippen LogP contribution >= 0.6 is 22.7 Å². The number of hydrogen-bond donors (Lipinski definition) is 0. The van der Waals surface area contributed by atoms with Gasteiger partial charge < -0.3 is 9.13 Å². The molecule has 0 saturated heterocycles. The average molecular weight is 973 g/mol. The quantitative estimate of drug-likeness (QED) is 0.157. The lowest BCUT2D eigenvalue weighted by atomic mass is 9.72. The molecule has 2 fully saturated rings. The van der Waals surface area contributed by atoms with E-state index in [9.17, 15) is 0 Å². The molecule has 0 unspecified atom stereocenters. The van der Waals surface area contributed by atoms with Gasteiger partial charge in [-0.15, -0.1) is 22.7 Å². The molecule has 0 atom stereocenters. The lowest BCUT2D eigenvalue weighted by molar-refractivity contribution is 0.435. The van der Waals surface area contributed by atoms with E-state index in [2.05, 4.69) is 130 Å². The summed E-state index contributed by atoms with van der Waals surface area (Å²) in [5.74, 6) is -0.317. The minimum Gasteiger partial charge on any atom is -0.309 e. The van der Waals surface area contributed by atoms with Gasteiger partial charge in [0.25, 0.3) is 0 Å². The number of nitrogens with zero attached hydrogens (tertiary/aromatic N) is 2. The third-order valence-electron chi connectivity index (χ3n) is 16.6. The average Bonchev–Trinajstić information content (AvgIpc) is 4.19. The fraction of sp³-hybridized carbons (Fsp3) is 0.182. The number of benzene rings is 9. The van der Waals surface area contributed by atoms with Crippen molar-refractivity contribution in [3.8, 4) is 33.6 Å². The van der Waals surface area contributed by atoms with Crippen LogP contribution in [-0.2, 0) is 0 Å². The standard InChI is InChI=1S/C66H50F2N2S2/c67-47-29-13-7-23-41(47)63-57(39-19-3-1-4-20-39)65(69-49-31-15-9-25-43(49)59-51(69)35-37-55-61(59)45-27-11-17-33-53(45)71-55)58(40-21-5-2-6-22-40)64(42-24-8-14-30-48(42)68)66(63)70-50-32-16-10-26-44(50)60-52(70)36-38-56-62(60)46-28-12-18-34-54(46)72-56/h7-18,23-40H,1-6,19-22H2. The Morgan fingerprint density at radius 3 is 1.18 bits per heavy atom. The van der Waals surface area contributed by atoms with E-state index in [0.29, 0.717) is 11.1 Å². The summed E-state index contributed by atoms with van der Waals surface area (Å²) in [7, 11) is 0. The van der Waals surface area contributed by atoms with Crippen molar-refractivity contribution in [2.75, 3.05) is 0 Å². The summed E-state index contributed by atoms with van der Waals surface area (Å²) in [6.45, 7) is 0. The number of thiophene rings is 2. The first-order valence-electron chi connectivity index (χ1n) is 26.0. The fourth-order valence-electron chi connectivity index (χ4n) is 13.7. The summed E-state index contributed by atoms with van der Waals surface area (Å²) in [4.78, 5) is 0. The van der Waals surface area contributed by atoms with Crippen molar-refractivity contribution in [1.29, 1.82) is 0 Å². The van der Waals surface area contributed by atoms with Crippen molar-refractivity contribution < 1.29 is 8.78 Å². The van der Waals surface area contributed by atoms with Gasteiger partial charge in [0.15, 0.2) is 0 Å². The Hall–Kier alpha value is -7.12. The normalized spacial score (nSPS) is 15.2. The van der Waals surface area contributed by atoms with Gasteiger partial charge in [-0.1, -0.05) is 148 Å². The van der Waals surface area contributed by atoms with Gasteiger partial charge in [-0.05, 0) is 109 Å². The molecule has 2 aliphatic rings. The number of fused-ring (bicyclic) bond motifs is 14. The van der Waals surface area contributed by atoms with Crippen molar-refractivity contribution in [3.05, 3.63) is 193 Å². The third-order valence-corrected chi connectivity index (χ3v) is 18.9. The minimum absolute atomic E-state index is 0.113. The van der Waals surface area contributed by atoms with E-state index in [1.54, 1.807) is 12.1 Å². The number of hydrogen-bond acceptors (Lipinski definition) is 2. The van der Waals surface area contributed by atoms with E-state index in [-0.39, 0.29) is 23.5 Å². The highest BCUT2D eigenvalue weighted by Gasteiger charge is 2.38. The van der Waals surface area contributed by atoms with Crippen LogP contribution in [0, 0.1) is 11.6 Å². The second kappa shape index (κ2) is 16.7. The first-order chi connectivity index (χ1) is 35.6. The van der Waals surface area contributed by atoms with Gasteiger partial charge in [0, 0.05) is 84.1 Å². The molecule has 0 bridgehead atoms. The highest BCUT2D eigenvalue weighted by atomic mass is 32.1. The molecule has 13 aromatic rings. The van der Waals surface area contributed by atoms with Crippen molar-refractivity contribution in [1.82, 2.24) is 9.13 Å². The monoisotopic (exact) mass is 972 g/mol. The van der Waals surface area contributed by atoms with E-state index in [1.807, 2.05) is 59.1 Å². The molecule has 0 N–H and O–H groups in total. The second-order valence-electron chi connectivity index (χ2n) is 20.5. The molecular formula is C66H50F2N2S2. The van der Waals surface area contributed by atoms with Crippen LogP contribution in [0.5, 0.6) is 0 Å². The lowest BCUT2D eigenvalue weighted by Crippen LogP contribution is -2.20. The Morgan fingerprint density at radius 2 is 0.722 bits per heavy atom. The number of rotatable bonds is 6. The Kier molecular flexibility index (Phi) is 9.89. The lowest BCUT2D eigenvalue weighted by Gasteiger charge is -2.37. The van der Waals surface area contributed by atoms with Gasteiger partial charge in [0.1, 0.15) is 11.6 Å². The zero-order valence-electron chi connectivity index (χ0n) is 39.9. The predicted octanol–water partition coefficient (Wildman–Crippen LogP) is 20.3. The molecule has 2 nitrogen and oxygen atoms in total. The Morgan fingerprint density at radius 1 is 0.333 bits per heavy atom. The summed E-state index contributed by atoms with van der Waals surface area (Å²) in [6.07, 6.45) is 10.7. The first kappa shape index (κ1) is 42.6. The zero-order valence-corrected chi connectivity index (χ0v) is 41.5. The van der Waals surface area contributed by atoms with Crippen LogP contribution in [0.25, 0.3) is 118 Å². The van der Waals surface area contributed by atoms with Gasteiger partial charge in [0.05, 0.1) is 33.4 Å². The summed E-state index contributed by atoms with van der Waals surface area (Å²) in [6, 6.07) is 59.5. The van der Waals surface area contributed by atoms with Crippen LogP contribution in [0.1, 0.15) is 87.2 Å². The maximum Gasteiger partial charge on any atom is 0.131 e. The summed E-state index contributed by atoms with van der Waals surface area (Å²) < 4.78 is 45.8. The Bertz CT molecular complexity index is 4250. The molecule has 2 saturated carbocycles. The molecule has 0 amide bonds. The van der Waals surface area contributed by atoms with Gasteiger partial charge in [0.2, 0.25) is 0 Å². The molecule has 0 spiro atoms. The summed E-state index contributed by atoms with van der Waals surface area (Å²) >= 11 is 3.68. The van der Waals surface area contributed by atoms with E-state index in [1.165, 1.54) is 80.5 Å². The van der Waals surface area contributed by atoms with Crippen molar-refractivity contribution in [3.63, 3.8) is 0 Å². The smallest absolute Gasteiger partial charge is 0.131 e. The van der Waals surface area contributed by atoms with Crippen LogP contribution in [0.15, 0.2) is 170 Å². The highest BCUT2D eigenvalue weighted by Crippen LogP contribution is 2.57. The summed E-state index contributed by atoms with van der Waals surface area (Å²) in [5, 5.41) is 9.76. The molecule has 4 heterocycles. The number of halogens is 2. The highest BCUT2D eigenvalue weighted by molar-refractivity contribution is 7.26. The molecule has 2 aliphatic carbocycles. The SMILES string of the molecule is Fc1ccccc1-c1c(C2CCCCC2)c(-n2c3ccccc3c3c4c(ccc32)sc2ccccc24)c(C2CCCCC2)c(-c2ccccc2F)c1-n1c2ccccc2c2c3c(ccc21)sc1ccccc13. The molecule has 0 aliphatic heterocycles. The van der Waals surface area contributed by atoms with E-state index in [0.717, 1.165) is 101 Å². The van der Waals surface area contributed by atoms with E-state index in [4.69, 9.17) is 0 Å². The topological polar surface area (TPSA) is 9.86 Å². The zero-order chi connectivity index (χ0) is 47.6. The first-order valence-corrected chi connectivity index (χ1v) is 27.7. The summed E-state index contributed by atoms with van der Waals surface area (Å²) in [5.41, 5.74) is 11.6. The van der Waals surface area contributed by atoms with Crippen LogP contribution in [0.2, 0.25) is 0 Å². The molecule has 350 valence electrons. The van der Waals surface area contributed by atoms with Gasteiger partial charge >= 0.3 is 0 Å². The van der Waals surface area contributed by atoms with Crippen molar-refractivity contribution >= 4 is 107 Å². The molecule has 6 heteroatoms. The van der Waals surface area contributed by atoms with Crippen molar-refractivity contribution in [2.24, 2.45) is 0 Å². The van der Waals surface area contributed by atoms with Crippen LogP contribution in [-0.4, -0.2) is 9.13 Å². The van der Waals surface area contributed by atoms with Crippen LogP contribution < -0.4 is 0 Å². The maximum atomic E-state index is 17.9. The molecule has 0 radical (unpaired) electrons. The van der Waals surface area contributed by atoms with Gasteiger partial charge in [-0.25, -0.2) is 8.78 Å². The molecule has 15 rings (SSSR count). The molecule has 72 heavy (non-hydrogen) atoms. The van der Waals surface area contributed by atoms with Gasteiger partial charge in [-0.3, -0.25) is 0 Å². The Balaban J connectivity index is 1.24. The van der Waals surface area contributed by atoms with E-state index < -0.39 is 0 Å². The van der Waals surface area contributed by atoms with Gasteiger partial charge in [-0.2, -0.15) is 0 Å². The number of aromatic nitrogens is 2. The molecular weight excluding hydrogens is 923 g/mol. The largest absolute Gasteiger partial charge is 0.309 e. The second-order valence-corrected chi connectivity index (χ2v) is 22.6.